The first-order valence-corrected chi connectivity index (χ1v) is 16.9. The van der Waals surface area contributed by atoms with Crippen LogP contribution in [0, 0.1) is 13.8 Å². The summed E-state index contributed by atoms with van der Waals surface area (Å²) in [7, 11) is 0. The van der Waals surface area contributed by atoms with Crippen LogP contribution in [0.5, 0.6) is 0 Å². The molecule has 4 aromatic rings. The smallest absolute Gasteiger partial charge is 0.356 e. The number of carbonyl (C=O) groups is 4. The summed E-state index contributed by atoms with van der Waals surface area (Å²) in [5, 5.41) is 0. The third kappa shape index (κ3) is 7.17. The van der Waals surface area contributed by atoms with Crippen LogP contribution in [0.25, 0.3) is 11.0 Å². The Bertz CT molecular complexity index is 1610. The molecule has 12 heteroatoms. The van der Waals surface area contributed by atoms with E-state index >= 15 is 0 Å². The van der Waals surface area contributed by atoms with Gasteiger partial charge in [-0.3, -0.25) is 0 Å². The Hall–Kier alpha value is -3.90. The average molecular weight is 655 g/mol. The van der Waals surface area contributed by atoms with Crippen molar-refractivity contribution in [1.29, 1.82) is 0 Å². The Balaban J connectivity index is 1.66. The third-order valence-corrected chi connectivity index (χ3v) is 9.14. The van der Waals surface area contributed by atoms with Gasteiger partial charge in [0, 0.05) is 12.4 Å². The average Bonchev–Trinajstić information content (AvgIpc) is 3.49. The molecule has 4 rings (SSSR count). The van der Waals surface area contributed by atoms with E-state index in [1.807, 2.05) is 38.1 Å². The first-order chi connectivity index (χ1) is 21.7. The largest absolute Gasteiger partial charge is 0.462 e. The molecule has 0 fully saturated rings. The second kappa shape index (κ2) is 15.4. The van der Waals surface area contributed by atoms with Crippen LogP contribution in [0.4, 0.5) is 0 Å². The molecule has 0 aromatic carbocycles. The molecule has 4 heterocycles. The maximum atomic E-state index is 13.2. The SMILES string of the molecule is CCOC(=O)c1c(SCCCSc2c(C(=O)OCC)c3cc(C)ccn3c2C(=O)OCC)c(C(=O)OCC)n2ccc(C)cc12. The van der Waals surface area contributed by atoms with Crippen LogP contribution < -0.4 is 0 Å². The lowest BCUT2D eigenvalue weighted by atomic mass is 10.2. The van der Waals surface area contributed by atoms with E-state index in [1.54, 1.807) is 48.9 Å². The molecular weight excluding hydrogens is 617 g/mol. The van der Waals surface area contributed by atoms with Gasteiger partial charge in [-0.1, -0.05) is 0 Å². The Morgan fingerprint density at radius 2 is 0.956 bits per heavy atom. The maximum Gasteiger partial charge on any atom is 0.356 e. The van der Waals surface area contributed by atoms with E-state index in [2.05, 4.69) is 0 Å². The molecule has 0 saturated carbocycles. The van der Waals surface area contributed by atoms with Crippen LogP contribution in [0.3, 0.4) is 0 Å². The van der Waals surface area contributed by atoms with Crippen LogP contribution in [0.1, 0.15) is 86.9 Å². The summed E-state index contributed by atoms with van der Waals surface area (Å²) in [5.74, 6) is -1.03. The van der Waals surface area contributed by atoms with Gasteiger partial charge in [-0.2, -0.15) is 0 Å². The number of hydrogen-bond acceptors (Lipinski definition) is 10. The molecule has 240 valence electrons. The Labute approximate surface area is 270 Å². The van der Waals surface area contributed by atoms with Gasteiger partial charge in [0.1, 0.15) is 11.4 Å². The molecule has 0 radical (unpaired) electrons. The van der Waals surface area contributed by atoms with Gasteiger partial charge in [0.2, 0.25) is 0 Å². The molecule has 10 nitrogen and oxygen atoms in total. The highest BCUT2D eigenvalue weighted by atomic mass is 32.2. The molecule has 0 spiro atoms. The number of pyridine rings is 2. The van der Waals surface area contributed by atoms with Crippen LogP contribution >= 0.6 is 23.5 Å². The van der Waals surface area contributed by atoms with E-state index in [0.717, 1.165) is 11.1 Å². The number of rotatable bonds is 14. The molecule has 0 aliphatic carbocycles. The number of esters is 4. The van der Waals surface area contributed by atoms with Crippen molar-refractivity contribution < 1.29 is 38.1 Å². The Morgan fingerprint density at radius 3 is 1.31 bits per heavy atom. The van der Waals surface area contributed by atoms with Crippen molar-refractivity contribution in [3.63, 3.8) is 0 Å². The standard InChI is InChI=1S/C33H38N2O8S2/c1-7-40-30(36)24-22-18-20(5)12-14-34(22)26(32(38)42-9-3)28(24)44-16-11-17-45-29-25(31(37)41-8-2)23-19-21(6)13-15-35(23)27(29)33(39)43-10-4/h12-15,18-19H,7-11,16-17H2,1-6H3. The molecule has 4 aromatic heterocycles. The molecule has 0 aliphatic rings. The van der Waals surface area contributed by atoms with Gasteiger partial charge in [0.25, 0.3) is 0 Å². The van der Waals surface area contributed by atoms with E-state index in [4.69, 9.17) is 18.9 Å². The lowest BCUT2D eigenvalue weighted by Crippen LogP contribution is -2.10. The summed E-state index contributed by atoms with van der Waals surface area (Å²) in [4.78, 5) is 53.6. The van der Waals surface area contributed by atoms with E-state index in [9.17, 15) is 19.2 Å². The first kappa shape index (κ1) is 34.0. The zero-order valence-corrected chi connectivity index (χ0v) is 28.0. The topological polar surface area (TPSA) is 114 Å². The van der Waals surface area contributed by atoms with Gasteiger partial charge in [-0.25, -0.2) is 19.2 Å². The minimum Gasteiger partial charge on any atom is -0.462 e. The number of ether oxygens (including phenoxy) is 4. The fourth-order valence-electron chi connectivity index (χ4n) is 4.95. The molecule has 0 unspecified atom stereocenters. The molecule has 0 amide bonds. The van der Waals surface area contributed by atoms with Crippen molar-refractivity contribution in [3.05, 3.63) is 70.3 Å². The fourth-order valence-corrected chi connectivity index (χ4v) is 7.41. The van der Waals surface area contributed by atoms with Crippen LogP contribution in [-0.2, 0) is 18.9 Å². The minimum absolute atomic E-state index is 0.185. The zero-order valence-electron chi connectivity index (χ0n) is 26.4. The molecule has 0 aliphatic heterocycles. The van der Waals surface area contributed by atoms with Gasteiger partial charge in [0.05, 0.1) is 58.4 Å². The van der Waals surface area contributed by atoms with Crippen LogP contribution in [0.15, 0.2) is 46.5 Å². The van der Waals surface area contributed by atoms with E-state index < -0.39 is 23.9 Å². The quantitative estimate of drug-likeness (QED) is 0.0623. The number of fused-ring (bicyclic) bond motifs is 2. The zero-order chi connectivity index (χ0) is 32.7. The highest BCUT2D eigenvalue weighted by Crippen LogP contribution is 2.37. The van der Waals surface area contributed by atoms with E-state index in [-0.39, 0.29) is 37.8 Å². The van der Waals surface area contributed by atoms with Gasteiger partial charge < -0.3 is 27.7 Å². The monoisotopic (exact) mass is 654 g/mol. The van der Waals surface area contributed by atoms with E-state index in [0.29, 0.717) is 49.9 Å². The molecule has 0 N–H and O–H groups in total. The highest BCUT2D eigenvalue weighted by Gasteiger charge is 2.31. The second-order valence-electron chi connectivity index (χ2n) is 9.96. The summed E-state index contributed by atoms with van der Waals surface area (Å²) in [5.41, 5.74) is 4.20. The second-order valence-corrected chi connectivity index (χ2v) is 12.2. The summed E-state index contributed by atoms with van der Waals surface area (Å²) >= 11 is 2.74. The summed E-state index contributed by atoms with van der Waals surface area (Å²) in [6.45, 7) is 11.5. The highest BCUT2D eigenvalue weighted by molar-refractivity contribution is 8.00. The van der Waals surface area contributed by atoms with Crippen molar-refractivity contribution in [1.82, 2.24) is 8.80 Å². The number of thioether (sulfide) groups is 2. The summed E-state index contributed by atoms with van der Waals surface area (Å²) in [6.07, 6.45) is 4.13. The Kier molecular flexibility index (Phi) is 11.6. The lowest BCUT2D eigenvalue weighted by Gasteiger charge is -2.09. The number of hydrogen-bond donors (Lipinski definition) is 0. The van der Waals surface area contributed by atoms with Crippen molar-refractivity contribution in [3.8, 4) is 0 Å². The van der Waals surface area contributed by atoms with Crippen molar-refractivity contribution in [2.45, 2.75) is 57.8 Å². The lowest BCUT2D eigenvalue weighted by molar-refractivity contribution is 0.0498. The maximum absolute atomic E-state index is 13.2. The third-order valence-electron chi connectivity index (χ3n) is 6.78. The number of aryl methyl sites for hydroxylation is 2. The van der Waals surface area contributed by atoms with Crippen LogP contribution in [-0.4, -0.2) is 70.6 Å². The first-order valence-electron chi connectivity index (χ1n) is 14.9. The summed E-state index contributed by atoms with van der Waals surface area (Å²) in [6, 6.07) is 7.42. The van der Waals surface area contributed by atoms with Crippen molar-refractivity contribution in [2.75, 3.05) is 37.9 Å². The minimum atomic E-state index is -0.530. The van der Waals surface area contributed by atoms with Gasteiger partial charge in [-0.05, 0) is 94.9 Å². The summed E-state index contributed by atoms with van der Waals surface area (Å²) < 4.78 is 24.9. The predicted octanol–water partition coefficient (Wildman–Crippen LogP) is 6.79. The molecule has 45 heavy (non-hydrogen) atoms. The molecule has 0 saturated heterocycles. The molecular formula is C33H38N2O8S2. The number of carbonyl (C=O) groups excluding carboxylic acids is 4. The van der Waals surface area contributed by atoms with Crippen molar-refractivity contribution in [2.24, 2.45) is 0 Å². The Morgan fingerprint density at radius 1 is 0.600 bits per heavy atom. The van der Waals surface area contributed by atoms with Gasteiger partial charge >= 0.3 is 23.9 Å². The molecule has 0 bridgehead atoms. The van der Waals surface area contributed by atoms with Gasteiger partial charge in [0.15, 0.2) is 0 Å². The van der Waals surface area contributed by atoms with Crippen molar-refractivity contribution >= 4 is 58.4 Å². The number of nitrogens with zero attached hydrogens (tertiary/aromatic N) is 2. The van der Waals surface area contributed by atoms with E-state index in [1.165, 1.54) is 23.5 Å². The predicted molar refractivity (Wildman–Crippen MR) is 174 cm³/mol. The number of aromatic nitrogens is 2. The normalized spacial score (nSPS) is 11.2. The molecule has 0 atom stereocenters. The van der Waals surface area contributed by atoms with Gasteiger partial charge in [-0.15, -0.1) is 23.5 Å². The van der Waals surface area contributed by atoms with Crippen LogP contribution in [0.2, 0.25) is 0 Å². The fraction of sp³-hybridized carbons (Fsp3) is 0.394.